The van der Waals surface area contributed by atoms with Gasteiger partial charge >= 0.3 is 24.1 Å². The fourth-order valence-electron chi connectivity index (χ4n) is 8.16. The van der Waals surface area contributed by atoms with Crippen LogP contribution in [-0.4, -0.2) is 89.1 Å². The summed E-state index contributed by atoms with van der Waals surface area (Å²) in [5.74, 6) is -3.09. The minimum absolute atomic E-state index is 0.0141. The lowest BCUT2D eigenvalue weighted by Gasteiger charge is -2.43. The van der Waals surface area contributed by atoms with Gasteiger partial charge in [0.05, 0.1) is 11.8 Å². The summed E-state index contributed by atoms with van der Waals surface area (Å²) in [4.78, 5) is 100. The van der Waals surface area contributed by atoms with Crippen molar-refractivity contribution in [2.75, 3.05) is 27.0 Å². The van der Waals surface area contributed by atoms with Gasteiger partial charge in [0, 0.05) is 72.8 Å². The number of likely N-dealkylation sites (N-methyl/N-ethyl adjacent to an activating group) is 2. The molecule has 17 heteroatoms. The maximum absolute atomic E-state index is 13.1. The topological polar surface area (TPSA) is 191 Å². The van der Waals surface area contributed by atoms with Crippen molar-refractivity contribution in [3.05, 3.63) is 69.7 Å². The van der Waals surface area contributed by atoms with Gasteiger partial charge in [-0.3, -0.25) is 38.6 Å². The average molecular weight is 996 g/mol. The molecule has 4 atom stereocenters. The molecule has 0 heterocycles. The Morgan fingerprint density at radius 2 is 1.00 bits per heavy atom. The van der Waals surface area contributed by atoms with Crippen molar-refractivity contribution in [1.29, 1.82) is 0 Å². The number of nitrogens with zero attached hydrogens (tertiary/aromatic N) is 2. The van der Waals surface area contributed by atoms with E-state index in [1.165, 1.54) is 16.8 Å². The highest BCUT2D eigenvalue weighted by atomic mass is 35.5. The normalized spacial score (nSPS) is 19.0. The summed E-state index contributed by atoms with van der Waals surface area (Å²) < 4.78 is 15.2. The zero-order valence-corrected chi connectivity index (χ0v) is 42.8. The summed E-state index contributed by atoms with van der Waals surface area (Å²) in [7, 11) is 3.05. The third kappa shape index (κ3) is 15.5. The van der Waals surface area contributed by atoms with Gasteiger partial charge < -0.3 is 19.3 Å². The Balaban J connectivity index is 0.000000385. The highest BCUT2D eigenvalue weighted by molar-refractivity contribution is 6.32. The Morgan fingerprint density at radius 1 is 0.612 bits per heavy atom. The number of benzene rings is 2. The van der Waals surface area contributed by atoms with Gasteiger partial charge in [0.2, 0.25) is 6.79 Å². The number of alkyl halides is 1. The van der Waals surface area contributed by atoms with E-state index in [1.807, 2.05) is 33.8 Å². The molecule has 2 aromatic rings. The molecule has 2 aromatic carbocycles. The first-order chi connectivity index (χ1) is 31.4. The first-order valence-corrected chi connectivity index (χ1v) is 24.1. The van der Waals surface area contributed by atoms with Crippen LogP contribution in [0.1, 0.15) is 131 Å². The summed E-state index contributed by atoms with van der Waals surface area (Å²) >= 11 is 18.1. The quantitative estimate of drug-likeness (QED) is 0.0897. The van der Waals surface area contributed by atoms with E-state index in [2.05, 4.69) is 0 Å². The van der Waals surface area contributed by atoms with Crippen LogP contribution >= 0.6 is 34.8 Å². The summed E-state index contributed by atoms with van der Waals surface area (Å²) in [6, 6.07) is 13.8. The second-order valence-electron chi connectivity index (χ2n) is 18.3. The second kappa shape index (κ2) is 27.5. The molecule has 67 heavy (non-hydrogen) atoms. The molecule has 0 aromatic heterocycles. The van der Waals surface area contributed by atoms with Gasteiger partial charge in [-0.2, -0.15) is 0 Å². The Bertz CT molecular complexity index is 2040. The molecule has 2 fully saturated rings. The maximum Gasteiger partial charge on any atom is 0.413 e. The van der Waals surface area contributed by atoms with Gasteiger partial charge in [-0.1, -0.05) is 127 Å². The molecule has 1 N–H and O–H groups in total. The lowest BCUT2D eigenvalue weighted by atomic mass is 9.74. The smallest absolute Gasteiger partial charge is 0.413 e. The predicted molar refractivity (Wildman–Crippen MR) is 257 cm³/mol. The first-order valence-electron chi connectivity index (χ1n) is 22.8. The van der Waals surface area contributed by atoms with Gasteiger partial charge in [0.25, 0.3) is 0 Å². The molecule has 4 rings (SSSR count). The van der Waals surface area contributed by atoms with Crippen molar-refractivity contribution in [3.8, 4) is 0 Å². The number of Topliss-reactive ketones (excluding diaryl/α,β-unsaturated/α-hetero) is 4. The van der Waals surface area contributed by atoms with E-state index in [0.29, 0.717) is 46.9 Å². The molecular weight excluding hydrogens is 927 g/mol. The molecule has 2 saturated carbocycles. The summed E-state index contributed by atoms with van der Waals surface area (Å²) in [6.07, 6.45) is 3.69. The van der Waals surface area contributed by atoms with E-state index in [0.717, 1.165) is 25.7 Å². The highest BCUT2D eigenvalue weighted by Crippen LogP contribution is 2.44. The monoisotopic (exact) mass is 994 g/mol. The van der Waals surface area contributed by atoms with Gasteiger partial charge in [-0.25, -0.2) is 9.59 Å². The average Bonchev–Trinajstić information content (AvgIpc) is 3.27. The zero-order valence-electron chi connectivity index (χ0n) is 40.5. The predicted octanol–water partition coefficient (Wildman–Crippen LogP) is 11.0. The standard InChI is InChI=1S/C25H34ClNO6.C15H17Cl2NO3.C10H18O3/c1-16(2)18(14-21(28)17(3)4)23(30)32-15-33-24(31)27(5)25(13-9-8-12-22(25)29)19-10-6-7-11-20(19)26;1-18(14(20)21-10-16)15(9-5-4-8-13(15)19)11-6-2-3-7-12(11)17;1-6(2)8(10(12)13)5-9(11)7(3)4/h6-7,10-11,16-18H,8-9,12-15H2,1-5H3;2-3,6-7H,4-5,8-10H2,1H3;6-8H,5H2,1-4H3,(H,12,13)/t18-,25-;15-;8-/m000/s1. The van der Waals surface area contributed by atoms with Crippen LogP contribution in [0.4, 0.5) is 9.59 Å². The first kappa shape index (κ1) is 58.6. The molecule has 0 aliphatic heterocycles. The van der Waals surface area contributed by atoms with E-state index < -0.39 is 53.8 Å². The number of ether oxygens (including phenoxy) is 3. The number of aliphatic carboxylic acids is 1. The van der Waals surface area contributed by atoms with Gasteiger partial charge in [0.15, 0.2) is 17.6 Å². The second-order valence-corrected chi connectivity index (χ2v) is 19.3. The Hall–Kier alpha value is -4.53. The van der Waals surface area contributed by atoms with Crippen LogP contribution in [0.2, 0.25) is 10.0 Å². The Kier molecular flexibility index (Phi) is 24.0. The minimum Gasteiger partial charge on any atom is -0.481 e. The van der Waals surface area contributed by atoms with Crippen LogP contribution in [-0.2, 0) is 54.1 Å². The van der Waals surface area contributed by atoms with Crippen molar-refractivity contribution >= 4 is 82.1 Å². The molecule has 14 nitrogen and oxygen atoms in total. The molecule has 0 bridgehead atoms. The maximum atomic E-state index is 13.1. The number of carbonyl (C=O) groups is 8. The van der Waals surface area contributed by atoms with E-state index >= 15 is 0 Å². The summed E-state index contributed by atoms with van der Waals surface area (Å²) in [6.45, 7) is 13.9. The Morgan fingerprint density at radius 3 is 1.34 bits per heavy atom. The number of carboxylic acids is 1. The lowest BCUT2D eigenvalue weighted by Crippen LogP contribution is -2.54. The number of amides is 2. The third-order valence-corrected chi connectivity index (χ3v) is 13.3. The van der Waals surface area contributed by atoms with Gasteiger partial charge in [-0.15, -0.1) is 0 Å². The molecule has 2 amide bonds. The minimum atomic E-state index is -1.23. The van der Waals surface area contributed by atoms with Gasteiger partial charge in [-0.05, 0) is 62.5 Å². The van der Waals surface area contributed by atoms with Crippen LogP contribution in [0.15, 0.2) is 48.5 Å². The number of rotatable bonds is 17. The summed E-state index contributed by atoms with van der Waals surface area (Å²) in [5.41, 5.74) is -1.10. The van der Waals surface area contributed by atoms with Crippen molar-refractivity contribution in [2.24, 2.45) is 35.5 Å². The number of carbonyl (C=O) groups excluding carboxylic acids is 7. The van der Waals surface area contributed by atoms with Crippen molar-refractivity contribution in [1.82, 2.24) is 9.80 Å². The van der Waals surface area contributed by atoms with Crippen molar-refractivity contribution in [3.63, 3.8) is 0 Å². The van der Waals surface area contributed by atoms with Crippen molar-refractivity contribution in [2.45, 2.75) is 131 Å². The highest BCUT2D eigenvalue weighted by Gasteiger charge is 2.50. The third-order valence-electron chi connectivity index (χ3n) is 12.6. The molecule has 2 aliphatic carbocycles. The molecule has 2 aliphatic rings. The Labute approximate surface area is 410 Å². The fourth-order valence-corrected chi connectivity index (χ4v) is 8.84. The molecule has 0 saturated heterocycles. The van der Waals surface area contributed by atoms with E-state index in [4.69, 9.17) is 54.1 Å². The SMILES string of the molecule is CC(C)C(=O)C[C@H](C(=O)O)C(C)C.CC(C)C(=O)C[C@H](C(=O)OCOC(=O)N(C)[C@]1(c2ccccc2Cl)CCCCC1=O)C(C)C.CN(C(=O)OCCl)[C@]1(c2ccccc2Cl)CCCCC1=O. The van der Waals surface area contributed by atoms with Crippen molar-refractivity contribution < 1.29 is 57.7 Å². The molecule has 372 valence electrons. The van der Waals surface area contributed by atoms with E-state index in [-0.39, 0.29) is 65.7 Å². The number of ketones is 4. The molecule has 0 spiro atoms. The van der Waals surface area contributed by atoms with E-state index in [9.17, 15) is 38.4 Å². The van der Waals surface area contributed by atoms with Crippen LogP contribution in [0, 0.1) is 35.5 Å². The van der Waals surface area contributed by atoms with Crippen LogP contribution < -0.4 is 0 Å². The number of hydrogen-bond acceptors (Lipinski definition) is 11. The largest absolute Gasteiger partial charge is 0.481 e. The van der Waals surface area contributed by atoms with Crippen LogP contribution in [0.5, 0.6) is 0 Å². The number of halogens is 3. The number of esters is 1. The van der Waals surface area contributed by atoms with Crippen LogP contribution in [0.3, 0.4) is 0 Å². The molecule has 0 radical (unpaired) electrons. The molecular formula is C50H69Cl3N2O12. The fraction of sp³-hybridized carbons (Fsp3) is 0.600. The van der Waals surface area contributed by atoms with Crippen LogP contribution in [0.25, 0.3) is 0 Å². The lowest BCUT2D eigenvalue weighted by molar-refractivity contribution is -0.161. The van der Waals surface area contributed by atoms with Gasteiger partial charge in [0.1, 0.15) is 22.6 Å². The summed E-state index contributed by atoms with van der Waals surface area (Å²) in [5, 5.41) is 9.69. The zero-order chi connectivity index (χ0) is 50.8. The number of carboxylic acid groups (broad SMARTS) is 1. The molecule has 0 unspecified atom stereocenters. The van der Waals surface area contributed by atoms with E-state index in [1.54, 1.807) is 77.2 Å². The number of hydrogen-bond donors (Lipinski definition) is 1.